The van der Waals surface area contributed by atoms with Crippen molar-refractivity contribution >= 4 is 17.6 Å². The highest BCUT2D eigenvalue weighted by molar-refractivity contribution is 5.97. The minimum atomic E-state index is -0.585. The van der Waals surface area contributed by atoms with Crippen LogP contribution in [0.15, 0.2) is 71.8 Å². The van der Waals surface area contributed by atoms with E-state index in [1.54, 1.807) is 61.2 Å². The Kier molecular flexibility index (Phi) is 10.7. The highest BCUT2D eigenvalue weighted by Gasteiger charge is 2.15. The second kappa shape index (κ2) is 13.7. The van der Waals surface area contributed by atoms with Gasteiger partial charge in [0, 0.05) is 44.2 Å². The van der Waals surface area contributed by atoms with Gasteiger partial charge < -0.3 is 10.6 Å². The van der Waals surface area contributed by atoms with Crippen molar-refractivity contribution in [3.05, 3.63) is 78.3 Å². The molecular formula is C26H31F2N5O2. The molecule has 0 unspecified atom stereocenters. The molecule has 0 aliphatic carbocycles. The lowest BCUT2D eigenvalue weighted by molar-refractivity contribution is -0.125. The van der Waals surface area contributed by atoms with Crippen LogP contribution in [0, 0.1) is 5.95 Å². The summed E-state index contributed by atoms with van der Waals surface area (Å²) < 4.78 is 26.7. The first-order valence-corrected chi connectivity index (χ1v) is 11.3. The van der Waals surface area contributed by atoms with E-state index in [2.05, 4.69) is 9.98 Å². The van der Waals surface area contributed by atoms with Gasteiger partial charge in [0.25, 0.3) is 0 Å². The molecule has 186 valence electrons. The van der Waals surface area contributed by atoms with Gasteiger partial charge in [-0.3, -0.25) is 18.9 Å². The molecule has 2 aromatic rings. The number of carbonyl (C=O) groups excluding carboxylic acids is 2. The minimum absolute atomic E-state index is 0.0303. The Morgan fingerprint density at radius 2 is 2.00 bits per heavy atom. The van der Waals surface area contributed by atoms with E-state index in [0.717, 1.165) is 0 Å². The Labute approximate surface area is 204 Å². The molecule has 1 heterocycles. The average molecular weight is 484 g/mol. The van der Waals surface area contributed by atoms with Gasteiger partial charge in [0.15, 0.2) is 5.78 Å². The number of aliphatic imine (C=N–C) groups is 1. The summed E-state index contributed by atoms with van der Waals surface area (Å²) in [5.74, 6) is -1.02. The maximum absolute atomic E-state index is 14.0. The van der Waals surface area contributed by atoms with Crippen LogP contribution in [0.2, 0.25) is 0 Å². The number of aromatic nitrogens is 1. The first-order valence-electron chi connectivity index (χ1n) is 11.3. The van der Waals surface area contributed by atoms with Gasteiger partial charge in [0.1, 0.15) is 0 Å². The summed E-state index contributed by atoms with van der Waals surface area (Å²) in [6.07, 6.45) is 6.55. The van der Waals surface area contributed by atoms with Crippen LogP contribution in [-0.4, -0.2) is 52.7 Å². The molecule has 1 amide bonds. The Hall–Kier alpha value is -3.88. The van der Waals surface area contributed by atoms with Crippen molar-refractivity contribution in [2.24, 2.45) is 10.7 Å². The number of benzene rings is 1. The lowest BCUT2D eigenvalue weighted by Gasteiger charge is -2.21. The predicted octanol–water partition coefficient (Wildman–Crippen LogP) is 4.22. The molecule has 0 radical (unpaired) electrons. The van der Waals surface area contributed by atoms with Crippen LogP contribution in [0.1, 0.15) is 32.3 Å². The molecule has 0 bridgehead atoms. The maximum atomic E-state index is 14.0. The standard InChI is InChI=1S/C26H31F2N5O2/c1-4-22(23(34)5-2)33(15-8-12-27)16-14-31-26(29)32(3)24(35)18-19-9-6-10-20(17-19)21-11-7-13-30-25(21)28/h4,6-7,9-11,13-14,16-17H,5,8,12,15,18H2,1-3H3,(H2,29,31)/b16-14+,22-4-. The van der Waals surface area contributed by atoms with Gasteiger partial charge in [-0.15, -0.1) is 0 Å². The smallest absolute Gasteiger partial charge is 0.233 e. The van der Waals surface area contributed by atoms with Gasteiger partial charge in [-0.05, 0) is 36.6 Å². The predicted molar refractivity (Wildman–Crippen MR) is 133 cm³/mol. The van der Waals surface area contributed by atoms with Crippen molar-refractivity contribution in [2.75, 3.05) is 20.3 Å². The SMILES string of the molecule is C/C=C(/C(=O)CC)N(/C=C/N=C(/N)N(C)C(=O)Cc1cccc(-c2cccnc2F)c1)CCCF. The van der Waals surface area contributed by atoms with Gasteiger partial charge in [0.05, 0.1) is 18.8 Å². The average Bonchev–Trinajstić information content (AvgIpc) is 2.86. The monoisotopic (exact) mass is 483 g/mol. The van der Waals surface area contributed by atoms with Crippen molar-refractivity contribution in [3.63, 3.8) is 0 Å². The summed E-state index contributed by atoms with van der Waals surface area (Å²) in [5.41, 5.74) is 8.07. The molecule has 9 heteroatoms. The van der Waals surface area contributed by atoms with Crippen LogP contribution in [0.3, 0.4) is 0 Å². The summed E-state index contributed by atoms with van der Waals surface area (Å²) in [6, 6.07) is 10.2. The van der Waals surface area contributed by atoms with Crippen LogP contribution in [0.4, 0.5) is 8.78 Å². The molecule has 2 rings (SSSR count). The number of alkyl halides is 1. The summed E-state index contributed by atoms with van der Waals surface area (Å²) in [6.45, 7) is 3.28. The molecule has 0 saturated heterocycles. The highest BCUT2D eigenvalue weighted by Crippen LogP contribution is 2.22. The van der Waals surface area contributed by atoms with E-state index >= 15 is 0 Å². The van der Waals surface area contributed by atoms with E-state index in [0.29, 0.717) is 35.4 Å². The number of allylic oxidation sites excluding steroid dienone is 2. The molecule has 1 aromatic heterocycles. The van der Waals surface area contributed by atoms with E-state index in [1.807, 2.05) is 0 Å². The Morgan fingerprint density at radius 1 is 1.23 bits per heavy atom. The highest BCUT2D eigenvalue weighted by atomic mass is 19.1. The van der Waals surface area contributed by atoms with Gasteiger partial charge in [-0.1, -0.05) is 37.3 Å². The minimum Gasteiger partial charge on any atom is -0.369 e. The number of halogens is 2. The molecule has 0 aliphatic rings. The Balaban J connectivity index is 2.11. The number of hydrogen-bond donors (Lipinski definition) is 1. The van der Waals surface area contributed by atoms with Crippen molar-refractivity contribution in [3.8, 4) is 11.1 Å². The zero-order valence-corrected chi connectivity index (χ0v) is 20.2. The van der Waals surface area contributed by atoms with Crippen LogP contribution in [0.5, 0.6) is 0 Å². The number of nitrogens with two attached hydrogens (primary N) is 1. The van der Waals surface area contributed by atoms with Gasteiger partial charge in [0.2, 0.25) is 17.8 Å². The molecule has 0 spiro atoms. The van der Waals surface area contributed by atoms with E-state index in [9.17, 15) is 18.4 Å². The van der Waals surface area contributed by atoms with Crippen LogP contribution in [-0.2, 0) is 16.0 Å². The fraction of sp³-hybridized carbons (Fsp3) is 0.308. The molecule has 0 atom stereocenters. The number of carbonyl (C=O) groups is 2. The summed E-state index contributed by atoms with van der Waals surface area (Å²) in [4.78, 5) is 35.5. The maximum Gasteiger partial charge on any atom is 0.233 e. The molecule has 0 saturated carbocycles. The van der Waals surface area contributed by atoms with E-state index in [1.165, 1.54) is 30.5 Å². The van der Waals surface area contributed by atoms with Gasteiger partial charge in [-0.25, -0.2) is 9.98 Å². The number of amides is 1. The largest absolute Gasteiger partial charge is 0.369 e. The lowest BCUT2D eigenvalue weighted by atomic mass is 10.0. The third-order valence-electron chi connectivity index (χ3n) is 5.25. The molecule has 7 nitrogen and oxygen atoms in total. The summed E-state index contributed by atoms with van der Waals surface area (Å²) in [5, 5.41) is 0. The Morgan fingerprint density at radius 3 is 2.66 bits per heavy atom. The van der Waals surface area contributed by atoms with Gasteiger partial charge >= 0.3 is 0 Å². The molecular weight excluding hydrogens is 452 g/mol. The van der Waals surface area contributed by atoms with Crippen LogP contribution >= 0.6 is 0 Å². The van der Waals surface area contributed by atoms with E-state index in [-0.39, 0.29) is 30.5 Å². The zero-order valence-electron chi connectivity index (χ0n) is 20.2. The fourth-order valence-corrected chi connectivity index (χ4v) is 3.32. The first-order chi connectivity index (χ1) is 16.8. The fourth-order valence-electron chi connectivity index (χ4n) is 3.32. The normalized spacial score (nSPS) is 12.1. The quantitative estimate of drug-likeness (QED) is 0.224. The molecule has 1 aromatic carbocycles. The lowest BCUT2D eigenvalue weighted by Crippen LogP contribution is -2.39. The number of ketones is 1. The second-order valence-corrected chi connectivity index (χ2v) is 7.64. The molecule has 0 fully saturated rings. The van der Waals surface area contributed by atoms with E-state index < -0.39 is 12.6 Å². The van der Waals surface area contributed by atoms with Crippen molar-refractivity contribution in [2.45, 2.75) is 33.1 Å². The third kappa shape index (κ3) is 7.84. The molecule has 0 aliphatic heterocycles. The summed E-state index contributed by atoms with van der Waals surface area (Å²) >= 11 is 0. The molecule has 35 heavy (non-hydrogen) atoms. The number of nitrogens with zero attached hydrogens (tertiary/aromatic N) is 4. The van der Waals surface area contributed by atoms with Crippen molar-refractivity contribution in [1.29, 1.82) is 0 Å². The number of Topliss-reactive ketones (excluding diaryl/α,β-unsaturated/α-hetero) is 1. The van der Waals surface area contributed by atoms with Crippen LogP contribution < -0.4 is 5.73 Å². The number of pyridine rings is 1. The van der Waals surface area contributed by atoms with Gasteiger partial charge in [-0.2, -0.15) is 4.39 Å². The third-order valence-corrected chi connectivity index (χ3v) is 5.25. The van der Waals surface area contributed by atoms with Crippen molar-refractivity contribution in [1.82, 2.24) is 14.8 Å². The number of guanidine groups is 1. The Bertz CT molecular complexity index is 1110. The first kappa shape index (κ1) is 27.4. The number of hydrogen-bond acceptors (Lipinski definition) is 5. The molecule has 2 N–H and O–H groups in total. The number of rotatable bonds is 11. The summed E-state index contributed by atoms with van der Waals surface area (Å²) in [7, 11) is 1.50. The number of likely N-dealkylation sites (N-methyl/N-ethyl adjacent to an activating group) is 1. The zero-order chi connectivity index (χ0) is 25.8. The topological polar surface area (TPSA) is 91.9 Å². The second-order valence-electron chi connectivity index (χ2n) is 7.64. The van der Waals surface area contributed by atoms with Crippen molar-refractivity contribution < 1.29 is 18.4 Å². The van der Waals surface area contributed by atoms with Crippen LogP contribution in [0.25, 0.3) is 11.1 Å². The van der Waals surface area contributed by atoms with E-state index in [4.69, 9.17) is 5.73 Å².